The molecular weight excluding hydrogens is 375 g/mol. The molecule has 0 saturated heterocycles. The number of ether oxygens (including phenoxy) is 1. The molecule has 1 aliphatic rings. The number of hydrogen-bond acceptors (Lipinski definition) is 1. The molecule has 1 nitrogen and oxygen atoms in total. The lowest BCUT2D eigenvalue weighted by Gasteiger charge is -2.22. The van der Waals surface area contributed by atoms with Gasteiger partial charge in [-0.05, 0) is 48.4 Å². The van der Waals surface area contributed by atoms with Crippen LogP contribution < -0.4 is 4.74 Å². The molecule has 3 rings (SSSR count). The summed E-state index contributed by atoms with van der Waals surface area (Å²) in [5.74, 6) is -5.02. The topological polar surface area (TPSA) is 9.23 Å². The lowest BCUT2D eigenvalue weighted by atomic mass is 9.84. The van der Waals surface area contributed by atoms with E-state index < -0.39 is 34.9 Å². The first-order chi connectivity index (χ1) is 13.3. The van der Waals surface area contributed by atoms with Crippen molar-refractivity contribution in [1.82, 2.24) is 0 Å². The van der Waals surface area contributed by atoms with Gasteiger partial charge in [0.05, 0.1) is 5.56 Å². The molecule has 0 spiro atoms. The molecule has 0 heterocycles. The van der Waals surface area contributed by atoms with E-state index in [1.807, 2.05) is 0 Å². The van der Waals surface area contributed by atoms with Gasteiger partial charge in [0.15, 0.2) is 17.5 Å². The molecule has 150 valence electrons. The van der Waals surface area contributed by atoms with Crippen LogP contribution in [-0.2, 0) is 6.11 Å². The van der Waals surface area contributed by atoms with E-state index in [-0.39, 0.29) is 0 Å². The third-order valence-corrected chi connectivity index (χ3v) is 5.01. The van der Waals surface area contributed by atoms with E-state index >= 15 is 0 Å². The van der Waals surface area contributed by atoms with E-state index in [0.29, 0.717) is 18.1 Å². The Morgan fingerprint density at radius 2 is 1.68 bits per heavy atom. The highest BCUT2D eigenvalue weighted by Gasteiger charge is 2.35. The van der Waals surface area contributed by atoms with Crippen molar-refractivity contribution in [3.8, 4) is 5.75 Å². The van der Waals surface area contributed by atoms with E-state index in [0.717, 1.165) is 36.8 Å². The molecule has 0 amide bonds. The predicted molar refractivity (Wildman–Crippen MR) is 97.5 cm³/mol. The average molecular weight is 396 g/mol. The maximum atomic E-state index is 14.3. The van der Waals surface area contributed by atoms with Gasteiger partial charge in [-0.3, -0.25) is 0 Å². The smallest absolute Gasteiger partial charge is 0.426 e. The van der Waals surface area contributed by atoms with E-state index in [1.54, 1.807) is 12.1 Å². The van der Waals surface area contributed by atoms with Gasteiger partial charge in [0.2, 0.25) is 0 Å². The molecule has 2 aromatic rings. The first-order valence-corrected chi connectivity index (χ1v) is 9.31. The van der Waals surface area contributed by atoms with E-state index in [1.165, 1.54) is 18.6 Å². The van der Waals surface area contributed by atoms with Crippen molar-refractivity contribution < 1.29 is 26.7 Å². The van der Waals surface area contributed by atoms with E-state index in [4.69, 9.17) is 0 Å². The Labute approximate surface area is 160 Å². The summed E-state index contributed by atoms with van der Waals surface area (Å²) >= 11 is 0. The fraction of sp³-hybridized carbons (Fsp3) is 0.364. The second-order valence-corrected chi connectivity index (χ2v) is 7.06. The van der Waals surface area contributed by atoms with Crippen LogP contribution in [0, 0.1) is 23.4 Å². The SMILES string of the molecule is CCCC1CC=C(c2ccc(C(F)(F)Oc3cc(F)c(F)c(F)c3)cc2)CC1. The molecular formula is C22H21F5O. The minimum absolute atomic E-state index is 0.389. The Hall–Kier alpha value is -2.37. The standard InChI is InChI=1S/C22H21F5O/c1-2-3-14-4-6-15(7-5-14)16-8-10-17(11-9-16)22(26,27)28-18-12-19(23)21(25)20(24)13-18/h6,8-14H,2-5,7H2,1H3. The summed E-state index contributed by atoms with van der Waals surface area (Å²) in [6, 6.07) is 6.41. The highest BCUT2D eigenvalue weighted by molar-refractivity contribution is 5.66. The van der Waals surface area contributed by atoms with E-state index in [9.17, 15) is 22.0 Å². The van der Waals surface area contributed by atoms with Crippen molar-refractivity contribution in [3.05, 3.63) is 71.1 Å². The first kappa shape index (κ1) is 20.4. The summed E-state index contributed by atoms with van der Waals surface area (Å²) in [7, 11) is 0. The van der Waals surface area contributed by atoms with Crippen LogP contribution in [0.1, 0.15) is 50.2 Å². The number of rotatable bonds is 6. The summed E-state index contributed by atoms with van der Waals surface area (Å²) in [5.41, 5.74) is 1.54. The zero-order chi connectivity index (χ0) is 20.3. The lowest BCUT2D eigenvalue weighted by molar-refractivity contribution is -0.185. The van der Waals surface area contributed by atoms with Crippen molar-refractivity contribution in [2.45, 2.75) is 45.1 Å². The molecule has 0 radical (unpaired) electrons. The Bertz CT molecular complexity index is 835. The number of halogens is 5. The zero-order valence-corrected chi connectivity index (χ0v) is 15.5. The molecule has 0 N–H and O–H groups in total. The molecule has 1 atom stereocenters. The van der Waals surface area contributed by atoms with Crippen molar-refractivity contribution in [1.29, 1.82) is 0 Å². The number of alkyl halides is 2. The normalized spacial score (nSPS) is 17.4. The Morgan fingerprint density at radius 3 is 2.21 bits per heavy atom. The largest absolute Gasteiger partial charge is 0.429 e. The Kier molecular flexibility index (Phi) is 6.06. The van der Waals surface area contributed by atoms with Gasteiger partial charge in [-0.15, -0.1) is 0 Å². The molecule has 2 aromatic carbocycles. The number of benzene rings is 2. The van der Waals surface area contributed by atoms with Gasteiger partial charge >= 0.3 is 6.11 Å². The third-order valence-electron chi connectivity index (χ3n) is 5.01. The van der Waals surface area contributed by atoms with Crippen LogP contribution in [0.4, 0.5) is 22.0 Å². The average Bonchev–Trinajstić information content (AvgIpc) is 2.67. The molecule has 1 aliphatic carbocycles. The van der Waals surface area contributed by atoms with Gasteiger partial charge in [0.25, 0.3) is 0 Å². The summed E-state index contributed by atoms with van der Waals surface area (Å²) < 4.78 is 72.5. The molecule has 1 unspecified atom stereocenters. The van der Waals surface area contributed by atoms with Crippen molar-refractivity contribution >= 4 is 5.57 Å². The number of hydrogen-bond donors (Lipinski definition) is 0. The molecule has 0 fully saturated rings. The van der Waals surface area contributed by atoms with Gasteiger partial charge in [0, 0.05) is 12.1 Å². The van der Waals surface area contributed by atoms with Crippen molar-refractivity contribution in [2.24, 2.45) is 5.92 Å². The van der Waals surface area contributed by atoms with Gasteiger partial charge in [0.1, 0.15) is 5.75 Å². The molecule has 0 bridgehead atoms. The first-order valence-electron chi connectivity index (χ1n) is 9.31. The monoisotopic (exact) mass is 396 g/mol. The van der Waals surface area contributed by atoms with Crippen LogP contribution >= 0.6 is 0 Å². The van der Waals surface area contributed by atoms with Crippen LogP contribution in [0.25, 0.3) is 5.57 Å². The second kappa shape index (κ2) is 8.33. The molecule has 6 heteroatoms. The fourth-order valence-electron chi connectivity index (χ4n) is 3.50. The number of allylic oxidation sites excluding steroid dienone is 2. The fourth-order valence-corrected chi connectivity index (χ4v) is 3.50. The lowest BCUT2D eigenvalue weighted by Crippen LogP contribution is -2.22. The summed E-state index contributed by atoms with van der Waals surface area (Å²) in [5, 5.41) is 0. The van der Waals surface area contributed by atoms with Gasteiger partial charge < -0.3 is 4.74 Å². The second-order valence-electron chi connectivity index (χ2n) is 7.06. The maximum absolute atomic E-state index is 14.3. The minimum Gasteiger partial charge on any atom is -0.429 e. The van der Waals surface area contributed by atoms with Gasteiger partial charge in [-0.2, -0.15) is 8.78 Å². The van der Waals surface area contributed by atoms with Crippen LogP contribution in [0.2, 0.25) is 0 Å². The Balaban J connectivity index is 1.73. The van der Waals surface area contributed by atoms with Crippen LogP contribution in [0.3, 0.4) is 0 Å². The molecule has 28 heavy (non-hydrogen) atoms. The predicted octanol–water partition coefficient (Wildman–Crippen LogP) is 7.22. The van der Waals surface area contributed by atoms with Crippen LogP contribution in [-0.4, -0.2) is 0 Å². The van der Waals surface area contributed by atoms with Crippen LogP contribution in [0.5, 0.6) is 5.75 Å². The molecule has 0 aliphatic heterocycles. The van der Waals surface area contributed by atoms with Gasteiger partial charge in [-0.1, -0.05) is 38.0 Å². The van der Waals surface area contributed by atoms with Crippen molar-refractivity contribution in [2.75, 3.05) is 0 Å². The quantitative estimate of drug-likeness (QED) is 0.370. The van der Waals surface area contributed by atoms with Gasteiger partial charge in [-0.25, -0.2) is 13.2 Å². The zero-order valence-electron chi connectivity index (χ0n) is 15.5. The van der Waals surface area contributed by atoms with E-state index in [2.05, 4.69) is 17.7 Å². The Morgan fingerprint density at radius 1 is 1.04 bits per heavy atom. The summed E-state index contributed by atoms with van der Waals surface area (Å²) in [6.07, 6.45) is 3.68. The highest BCUT2D eigenvalue weighted by Crippen LogP contribution is 2.36. The van der Waals surface area contributed by atoms with Crippen molar-refractivity contribution in [3.63, 3.8) is 0 Å². The molecule has 0 aromatic heterocycles. The summed E-state index contributed by atoms with van der Waals surface area (Å²) in [4.78, 5) is 0. The minimum atomic E-state index is -3.82. The highest BCUT2D eigenvalue weighted by atomic mass is 19.3. The maximum Gasteiger partial charge on any atom is 0.426 e. The third kappa shape index (κ3) is 4.54. The summed E-state index contributed by atoms with van der Waals surface area (Å²) in [6.45, 7) is 2.16. The van der Waals surface area contributed by atoms with Crippen LogP contribution in [0.15, 0.2) is 42.5 Å². The molecule has 0 saturated carbocycles.